The van der Waals surface area contributed by atoms with Crippen molar-refractivity contribution in [2.75, 3.05) is 51.4 Å². The maximum Gasteiger partial charge on any atom is 0.264 e. The zero-order valence-electron chi connectivity index (χ0n) is 30.2. The Kier molecular flexibility index (Phi) is 12.4. The highest BCUT2D eigenvalue weighted by atomic mass is 35.5. The summed E-state index contributed by atoms with van der Waals surface area (Å²) >= 11 is 6.40. The summed E-state index contributed by atoms with van der Waals surface area (Å²) in [5, 5.41) is 0.0353. The van der Waals surface area contributed by atoms with Gasteiger partial charge in [0.15, 0.2) is 6.29 Å². The van der Waals surface area contributed by atoms with Crippen molar-refractivity contribution in [1.29, 1.82) is 0 Å². The molecule has 11 heteroatoms. The first kappa shape index (κ1) is 37.4. The van der Waals surface area contributed by atoms with E-state index in [9.17, 15) is 13.2 Å². The van der Waals surface area contributed by atoms with Crippen LogP contribution in [0.2, 0.25) is 5.02 Å². The van der Waals surface area contributed by atoms with E-state index in [1.807, 2.05) is 25.1 Å². The lowest BCUT2D eigenvalue weighted by Gasteiger charge is -2.48. The molecule has 2 aromatic carbocycles. The summed E-state index contributed by atoms with van der Waals surface area (Å²) in [5.74, 6) is 1.08. The smallest absolute Gasteiger partial charge is 0.264 e. The predicted molar refractivity (Wildman–Crippen MR) is 199 cm³/mol. The highest BCUT2D eigenvalue weighted by Crippen LogP contribution is 2.46. The summed E-state index contributed by atoms with van der Waals surface area (Å²) in [5.41, 5.74) is 3.67. The normalized spacial score (nSPS) is 31.1. The number of rotatable bonds is 3. The number of carbonyl (C=O) groups excluding carboxylic acids is 1. The number of aryl methyl sites for hydroxylation is 1. The molecule has 9 nitrogen and oxygen atoms in total. The number of hydrogen-bond acceptors (Lipinski definition) is 8. The summed E-state index contributed by atoms with van der Waals surface area (Å²) < 4.78 is 48.9. The lowest BCUT2D eigenvalue weighted by molar-refractivity contribution is -0.241. The second-order valence-electron chi connectivity index (χ2n) is 15.1. The van der Waals surface area contributed by atoms with Gasteiger partial charge in [0.25, 0.3) is 5.91 Å². The molecule has 1 N–H and O–H groups in total. The predicted octanol–water partition coefficient (Wildman–Crippen LogP) is 6.71. The van der Waals surface area contributed by atoms with Gasteiger partial charge in [-0.05, 0) is 125 Å². The molecule has 0 aromatic heterocycles. The van der Waals surface area contributed by atoms with Crippen molar-refractivity contribution in [2.24, 2.45) is 23.7 Å². The van der Waals surface area contributed by atoms with Crippen LogP contribution in [0.3, 0.4) is 0 Å². The number of nitrogens with zero attached hydrogens (tertiary/aromatic N) is 2. The van der Waals surface area contributed by atoms with Crippen LogP contribution in [-0.2, 0) is 32.3 Å². The molecule has 6 rings (SSSR count). The number of sulfonamides is 1. The first-order valence-corrected chi connectivity index (χ1v) is 20.7. The van der Waals surface area contributed by atoms with Crippen LogP contribution in [0.1, 0.15) is 87.2 Å². The third-order valence-corrected chi connectivity index (χ3v) is 14.2. The lowest BCUT2D eigenvalue weighted by Crippen LogP contribution is -2.51. The largest absolute Gasteiger partial charge is 0.491 e. The molecule has 3 aliphatic heterocycles. The highest BCUT2D eigenvalue weighted by molar-refractivity contribution is 7.90. The second-order valence-corrected chi connectivity index (χ2v) is 17.6. The van der Waals surface area contributed by atoms with Gasteiger partial charge >= 0.3 is 0 Å². The average Bonchev–Trinajstić information content (AvgIpc) is 3.09. The second kappa shape index (κ2) is 16.5. The number of hydrogen-bond donors (Lipinski definition) is 1. The minimum atomic E-state index is -3.90. The first-order chi connectivity index (χ1) is 24.0. The van der Waals surface area contributed by atoms with Crippen LogP contribution in [0.15, 0.2) is 36.4 Å². The van der Waals surface area contributed by atoms with E-state index in [1.54, 1.807) is 13.0 Å². The molecule has 0 radical (unpaired) electrons. The number of nitrogens with one attached hydrogen (secondary N) is 1. The molecule has 4 aliphatic rings. The summed E-state index contributed by atoms with van der Waals surface area (Å²) in [6.45, 7) is 10.2. The molecule has 1 aliphatic carbocycles. The summed E-state index contributed by atoms with van der Waals surface area (Å²) in [6, 6.07) is 11.7. The van der Waals surface area contributed by atoms with Gasteiger partial charge in [0.2, 0.25) is 10.0 Å². The molecule has 276 valence electrons. The Hall–Kier alpha value is -2.37. The molecule has 2 fully saturated rings. The van der Waals surface area contributed by atoms with Crippen molar-refractivity contribution < 1.29 is 27.4 Å². The summed E-state index contributed by atoms with van der Waals surface area (Å²) in [4.78, 5) is 18.2. The standard InChI is InChI=1S/C39H56ClN3O6S/c1-5-42(4)33-24-48-39(49-25-33)35-11-8-9-26(2)27(3)50(45,46)41-38(44)30-14-17-37-36(22-30)43(23-31-13-16-34(31)35)19-7-6-10-29-21-32(40)15-12-28(29)18-20-47-37/h12,14-15,17,21-22,26-27,31,33-35,39H,5-11,13,16,18-20,23-25H2,1-4H3,(H,41,44)/t26-,27+,31-,33-,34+,35-,39-/m0/s1. The van der Waals surface area contributed by atoms with Gasteiger partial charge in [-0.2, -0.15) is 0 Å². The van der Waals surface area contributed by atoms with Gasteiger partial charge in [-0.15, -0.1) is 0 Å². The summed E-state index contributed by atoms with van der Waals surface area (Å²) in [6.07, 6.45) is 8.14. The van der Waals surface area contributed by atoms with Gasteiger partial charge in [0.05, 0.1) is 36.8 Å². The molecule has 3 heterocycles. The maximum atomic E-state index is 13.5. The number of carbonyl (C=O) groups is 1. The van der Waals surface area contributed by atoms with E-state index in [2.05, 4.69) is 40.6 Å². The molecule has 1 saturated carbocycles. The van der Waals surface area contributed by atoms with Crippen LogP contribution in [0.25, 0.3) is 0 Å². The number of fused-ring (bicyclic) bond motifs is 3. The Morgan fingerprint density at radius 1 is 0.940 bits per heavy atom. The molecule has 1 amide bonds. The van der Waals surface area contributed by atoms with E-state index in [-0.39, 0.29) is 24.2 Å². The van der Waals surface area contributed by atoms with Crippen LogP contribution in [0, 0.1) is 23.7 Å². The maximum absolute atomic E-state index is 13.5. The fraction of sp³-hybridized carbons (Fsp3) is 0.667. The number of likely N-dealkylation sites (N-methyl/N-ethyl adjacent to an activating group) is 1. The molecule has 2 bridgehead atoms. The Morgan fingerprint density at radius 3 is 2.48 bits per heavy atom. The fourth-order valence-corrected chi connectivity index (χ4v) is 9.79. The van der Waals surface area contributed by atoms with Crippen LogP contribution < -0.4 is 14.4 Å². The molecule has 1 saturated heterocycles. The lowest BCUT2D eigenvalue weighted by atomic mass is 9.65. The summed E-state index contributed by atoms with van der Waals surface area (Å²) in [7, 11) is -1.79. The van der Waals surface area contributed by atoms with E-state index in [4.69, 9.17) is 25.8 Å². The van der Waals surface area contributed by atoms with Gasteiger partial charge < -0.3 is 19.1 Å². The average molecular weight is 730 g/mol. The minimum Gasteiger partial charge on any atom is -0.491 e. The van der Waals surface area contributed by atoms with Gasteiger partial charge in [0.1, 0.15) is 5.75 Å². The van der Waals surface area contributed by atoms with Crippen LogP contribution >= 0.6 is 11.6 Å². The highest BCUT2D eigenvalue weighted by Gasteiger charge is 2.44. The minimum absolute atomic E-state index is 0.122. The topological polar surface area (TPSA) is 97.4 Å². The monoisotopic (exact) mass is 729 g/mol. The van der Waals surface area contributed by atoms with Crippen LogP contribution in [0.5, 0.6) is 5.75 Å². The van der Waals surface area contributed by atoms with Gasteiger partial charge in [0, 0.05) is 36.0 Å². The van der Waals surface area contributed by atoms with Crippen molar-refractivity contribution in [2.45, 2.75) is 96.1 Å². The van der Waals surface area contributed by atoms with Crippen molar-refractivity contribution in [1.82, 2.24) is 9.62 Å². The van der Waals surface area contributed by atoms with Crippen molar-refractivity contribution >= 4 is 33.2 Å². The zero-order chi connectivity index (χ0) is 35.4. The van der Waals surface area contributed by atoms with Crippen LogP contribution in [-0.4, -0.2) is 83.3 Å². The number of ether oxygens (including phenoxy) is 3. The molecular formula is C39H56ClN3O6S. The molecular weight excluding hydrogens is 674 g/mol. The van der Waals surface area contributed by atoms with Crippen molar-refractivity contribution in [3.05, 3.63) is 58.1 Å². The van der Waals surface area contributed by atoms with Gasteiger partial charge in [-0.1, -0.05) is 37.9 Å². The first-order valence-electron chi connectivity index (χ1n) is 18.8. The third kappa shape index (κ3) is 8.63. The molecule has 0 spiro atoms. The number of halogens is 1. The fourth-order valence-electron chi connectivity index (χ4n) is 8.28. The van der Waals surface area contributed by atoms with E-state index in [0.29, 0.717) is 43.0 Å². The quantitative estimate of drug-likeness (QED) is 0.373. The van der Waals surface area contributed by atoms with Gasteiger partial charge in [-0.25, -0.2) is 13.1 Å². The third-order valence-electron chi connectivity index (χ3n) is 12.1. The number of benzene rings is 2. The van der Waals surface area contributed by atoms with Crippen molar-refractivity contribution in [3.8, 4) is 5.75 Å². The molecule has 2 aromatic rings. The van der Waals surface area contributed by atoms with E-state index in [1.165, 1.54) is 11.1 Å². The molecule has 0 unspecified atom stereocenters. The number of amides is 1. The van der Waals surface area contributed by atoms with E-state index >= 15 is 0 Å². The van der Waals surface area contributed by atoms with Crippen molar-refractivity contribution in [3.63, 3.8) is 0 Å². The van der Waals surface area contributed by atoms with E-state index in [0.717, 1.165) is 88.1 Å². The SMILES string of the molecule is CCN(C)[C@H]1CO[C@H]([C@H]2CCC[C@H](C)[C@@H](C)S(=O)(=O)NC(=O)c3ccc4c(c3)N(CCCCc3cc(Cl)ccc3CCO4)C[C@@H]3CC[C@H]32)OC1. The Morgan fingerprint density at radius 2 is 1.74 bits per heavy atom. The number of anilines is 1. The zero-order valence-corrected chi connectivity index (χ0v) is 31.8. The van der Waals surface area contributed by atoms with Crippen LogP contribution in [0.4, 0.5) is 5.69 Å². The molecule has 50 heavy (non-hydrogen) atoms. The Balaban J connectivity index is 1.32. The Bertz CT molecular complexity index is 1580. The Labute approximate surface area is 304 Å². The van der Waals surface area contributed by atoms with E-state index < -0.39 is 21.2 Å². The van der Waals surface area contributed by atoms with Gasteiger partial charge in [-0.3, -0.25) is 9.69 Å². The molecule has 5 atom stereocenters.